The molecule has 1 aliphatic rings. The van der Waals surface area contributed by atoms with Gasteiger partial charge in [0.1, 0.15) is 12.0 Å². The van der Waals surface area contributed by atoms with E-state index in [0.29, 0.717) is 18.5 Å². The predicted octanol–water partition coefficient (Wildman–Crippen LogP) is 0.106. The molecule has 104 valence electrons. The van der Waals surface area contributed by atoms with E-state index in [1.807, 2.05) is 0 Å². The van der Waals surface area contributed by atoms with E-state index in [0.717, 1.165) is 0 Å². The van der Waals surface area contributed by atoms with Gasteiger partial charge in [0, 0.05) is 12.6 Å². The van der Waals surface area contributed by atoms with E-state index in [1.54, 1.807) is 6.07 Å². The van der Waals surface area contributed by atoms with Crippen molar-refractivity contribution in [1.29, 1.82) is 0 Å². The van der Waals surface area contributed by atoms with Gasteiger partial charge in [0.2, 0.25) is 0 Å². The number of carbonyl (C=O) groups excluding carboxylic acids is 1. The van der Waals surface area contributed by atoms with Crippen LogP contribution in [0.1, 0.15) is 18.5 Å². The molecular weight excluding hydrogens is 254 g/mol. The van der Waals surface area contributed by atoms with Gasteiger partial charge >= 0.3 is 12.0 Å². The maximum absolute atomic E-state index is 11.5. The number of rotatable bonds is 5. The molecule has 19 heavy (non-hydrogen) atoms. The average molecular weight is 269 g/mol. The van der Waals surface area contributed by atoms with Gasteiger partial charge in [0.15, 0.2) is 6.10 Å². The van der Waals surface area contributed by atoms with E-state index >= 15 is 0 Å². The molecule has 1 aliphatic heterocycles. The molecular formula is C11H15N3O5. The van der Waals surface area contributed by atoms with Crippen molar-refractivity contribution in [3.63, 3.8) is 0 Å². The second-order valence-corrected chi connectivity index (χ2v) is 4.22. The lowest BCUT2D eigenvalue weighted by atomic mass is 10.2. The van der Waals surface area contributed by atoms with Gasteiger partial charge in [-0.15, -0.1) is 0 Å². The Kier molecular flexibility index (Phi) is 4.35. The van der Waals surface area contributed by atoms with E-state index in [1.165, 1.54) is 6.26 Å². The summed E-state index contributed by atoms with van der Waals surface area (Å²) in [4.78, 5) is 22.1. The predicted molar refractivity (Wildman–Crippen MR) is 62.3 cm³/mol. The number of carboxylic acids is 1. The lowest BCUT2D eigenvalue weighted by molar-refractivity contribution is -0.149. The van der Waals surface area contributed by atoms with E-state index in [9.17, 15) is 9.59 Å². The summed E-state index contributed by atoms with van der Waals surface area (Å²) in [7, 11) is 0. The molecule has 0 saturated carbocycles. The number of carbonyl (C=O) groups is 2. The van der Waals surface area contributed by atoms with Crippen molar-refractivity contribution in [3.8, 4) is 0 Å². The van der Waals surface area contributed by atoms with Crippen LogP contribution in [-0.2, 0) is 16.1 Å². The van der Waals surface area contributed by atoms with Crippen LogP contribution in [0.2, 0.25) is 0 Å². The largest absolute Gasteiger partial charge is 0.479 e. The van der Waals surface area contributed by atoms with Gasteiger partial charge in [0.25, 0.3) is 0 Å². The highest BCUT2D eigenvalue weighted by atomic mass is 16.5. The summed E-state index contributed by atoms with van der Waals surface area (Å²) in [5.74, 6) is -0.960. The first kappa shape index (κ1) is 13.3. The van der Waals surface area contributed by atoms with E-state index in [2.05, 4.69) is 20.3 Å². The molecule has 2 heterocycles. The van der Waals surface area contributed by atoms with Gasteiger partial charge in [-0.05, 0) is 12.8 Å². The summed E-state index contributed by atoms with van der Waals surface area (Å²) in [6.07, 6.45) is 1.51. The van der Waals surface area contributed by atoms with Gasteiger partial charge in [-0.1, -0.05) is 5.16 Å². The van der Waals surface area contributed by atoms with Gasteiger partial charge < -0.3 is 25.0 Å². The molecule has 2 rings (SSSR count). The van der Waals surface area contributed by atoms with Crippen molar-refractivity contribution >= 4 is 12.0 Å². The summed E-state index contributed by atoms with van der Waals surface area (Å²) in [5.41, 5.74) is 0.623. The zero-order valence-electron chi connectivity index (χ0n) is 10.2. The molecule has 2 unspecified atom stereocenters. The van der Waals surface area contributed by atoms with Crippen LogP contribution in [0.25, 0.3) is 0 Å². The fourth-order valence-electron chi connectivity index (χ4n) is 1.81. The second kappa shape index (κ2) is 6.19. The first-order valence-corrected chi connectivity index (χ1v) is 5.94. The number of nitrogens with one attached hydrogen (secondary N) is 2. The van der Waals surface area contributed by atoms with E-state index in [-0.39, 0.29) is 25.2 Å². The molecule has 0 radical (unpaired) electrons. The minimum absolute atomic E-state index is 0.251. The number of urea groups is 1. The van der Waals surface area contributed by atoms with Crippen LogP contribution in [-0.4, -0.2) is 41.0 Å². The number of aliphatic carboxylic acids is 1. The monoisotopic (exact) mass is 269 g/mol. The van der Waals surface area contributed by atoms with Crippen LogP contribution in [0.5, 0.6) is 0 Å². The maximum Gasteiger partial charge on any atom is 0.332 e. The Morgan fingerprint density at radius 1 is 1.42 bits per heavy atom. The molecule has 8 heteroatoms. The molecule has 1 aromatic heterocycles. The number of hydrogen-bond donors (Lipinski definition) is 3. The second-order valence-electron chi connectivity index (χ2n) is 4.22. The Bertz CT molecular complexity index is 434. The lowest BCUT2D eigenvalue weighted by Crippen LogP contribution is -2.39. The quantitative estimate of drug-likeness (QED) is 0.699. The fraction of sp³-hybridized carbons (Fsp3) is 0.545. The number of hydrogen-bond acceptors (Lipinski definition) is 5. The summed E-state index contributed by atoms with van der Waals surface area (Å²) >= 11 is 0. The van der Waals surface area contributed by atoms with Gasteiger partial charge in [-0.2, -0.15) is 0 Å². The number of carboxylic acid groups (broad SMARTS) is 1. The van der Waals surface area contributed by atoms with E-state index in [4.69, 9.17) is 9.84 Å². The Labute approximate surface area is 109 Å². The number of nitrogens with zero attached hydrogens (tertiary/aromatic N) is 1. The molecule has 2 atom stereocenters. The Morgan fingerprint density at radius 2 is 2.26 bits per heavy atom. The lowest BCUT2D eigenvalue weighted by Gasteiger charge is -2.12. The van der Waals surface area contributed by atoms with Crippen molar-refractivity contribution in [3.05, 3.63) is 18.0 Å². The zero-order chi connectivity index (χ0) is 13.7. The molecule has 1 saturated heterocycles. The van der Waals surface area contributed by atoms with Crippen molar-refractivity contribution < 1.29 is 24.0 Å². The van der Waals surface area contributed by atoms with Crippen molar-refractivity contribution in [2.24, 2.45) is 0 Å². The number of amides is 2. The average Bonchev–Trinajstić information content (AvgIpc) is 3.05. The van der Waals surface area contributed by atoms with Gasteiger partial charge in [-0.25, -0.2) is 9.59 Å². The topological polar surface area (TPSA) is 114 Å². The summed E-state index contributed by atoms with van der Waals surface area (Å²) < 4.78 is 9.88. The maximum atomic E-state index is 11.5. The third kappa shape index (κ3) is 3.95. The summed E-state index contributed by atoms with van der Waals surface area (Å²) in [5, 5.41) is 17.6. The SMILES string of the molecule is O=C(NCc1ccon1)NCC1CCC(C(=O)O)O1. The van der Waals surface area contributed by atoms with Crippen LogP contribution in [0.4, 0.5) is 4.79 Å². The standard InChI is InChI=1S/C11H15N3O5/c15-10(16)9-2-1-8(19-9)6-13-11(17)12-5-7-3-4-18-14-7/h3-4,8-9H,1-2,5-6H2,(H,15,16)(H2,12,13,17). The van der Waals surface area contributed by atoms with Crippen molar-refractivity contribution in [2.75, 3.05) is 6.54 Å². The Morgan fingerprint density at radius 3 is 2.89 bits per heavy atom. The van der Waals surface area contributed by atoms with Gasteiger partial charge in [-0.3, -0.25) is 0 Å². The molecule has 1 aromatic rings. The third-order valence-corrected chi connectivity index (χ3v) is 2.79. The molecule has 0 aromatic carbocycles. The highest BCUT2D eigenvalue weighted by molar-refractivity contribution is 5.74. The van der Waals surface area contributed by atoms with Crippen LogP contribution in [0.3, 0.4) is 0 Å². The molecule has 0 bridgehead atoms. The Balaban J connectivity index is 1.63. The number of ether oxygens (including phenoxy) is 1. The van der Waals surface area contributed by atoms with Crippen LogP contribution < -0.4 is 10.6 Å². The van der Waals surface area contributed by atoms with Gasteiger partial charge in [0.05, 0.1) is 12.6 Å². The molecule has 1 fully saturated rings. The van der Waals surface area contributed by atoms with Crippen LogP contribution in [0.15, 0.2) is 16.9 Å². The van der Waals surface area contributed by atoms with Crippen molar-refractivity contribution in [2.45, 2.75) is 31.6 Å². The van der Waals surface area contributed by atoms with Crippen molar-refractivity contribution in [1.82, 2.24) is 15.8 Å². The number of aromatic nitrogens is 1. The zero-order valence-corrected chi connectivity index (χ0v) is 10.2. The molecule has 8 nitrogen and oxygen atoms in total. The third-order valence-electron chi connectivity index (χ3n) is 2.79. The summed E-state index contributed by atoms with van der Waals surface area (Å²) in [6, 6.07) is 1.29. The fourth-order valence-corrected chi connectivity index (χ4v) is 1.81. The first-order chi connectivity index (χ1) is 9.15. The minimum atomic E-state index is -0.960. The van der Waals surface area contributed by atoms with E-state index < -0.39 is 12.1 Å². The highest BCUT2D eigenvalue weighted by Gasteiger charge is 2.30. The Hall–Kier alpha value is -2.09. The van der Waals surface area contributed by atoms with Crippen LogP contribution >= 0.6 is 0 Å². The molecule has 3 N–H and O–H groups in total. The normalized spacial score (nSPS) is 22.1. The molecule has 0 spiro atoms. The summed E-state index contributed by atoms with van der Waals surface area (Å²) in [6.45, 7) is 0.556. The molecule has 0 aliphatic carbocycles. The highest BCUT2D eigenvalue weighted by Crippen LogP contribution is 2.19. The van der Waals surface area contributed by atoms with Crippen LogP contribution in [0, 0.1) is 0 Å². The smallest absolute Gasteiger partial charge is 0.332 e. The minimum Gasteiger partial charge on any atom is -0.479 e. The molecule has 2 amide bonds. The first-order valence-electron chi connectivity index (χ1n) is 5.94.